The van der Waals surface area contributed by atoms with Gasteiger partial charge in [-0.05, 0) is 82.4 Å². The van der Waals surface area contributed by atoms with Crippen molar-refractivity contribution < 1.29 is 55.3 Å². The number of nitrogens with one attached hydrogen (secondary N) is 2. The monoisotopic (exact) mass is 862 g/mol. The van der Waals surface area contributed by atoms with Crippen LogP contribution in [0.1, 0.15) is 79.1 Å². The largest absolute Gasteiger partial charge is 0.489 e. The minimum absolute atomic E-state index is 0.0615. The number of aromatic nitrogens is 1. The standard InChI is InChI=1S/C41H53F3N6O9S/c1-6-24-19-23(2)9-7-8-10-25-21-40(25,37(53)47-60(56,57)27-11-12-27)46-34(51)31-20-26(22-49(31)36(52)32(24)50(38(54)55)39(3,4)41(42,43)44)59-35-29-13-14-30-33(28(29)15-16-45-35)58-18-17-48(30)5/h8,10,13-16,23-27,31-32H,6-7,9,11-12,17-22H2,1-5H3,(H,46,51)(H,47,53)(H,54,55)/b10-8-/t23-,24+,25+,26+,31-,32-,40+/m0/s1. The number of carbonyl (C=O) groups excluding carboxylic acids is 3. The third-order valence-corrected chi connectivity index (χ3v) is 14.7. The summed E-state index contributed by atoms with van der Waals surface area (Å²) in [4.78, 5) is 64.5. The summed E-state index contributed by atoms with van der Waals surface area (Å²) in [6, 6.07) is 2.08. The molecule has 3 N–H and O–H groups in total. The van der Waals surface area contributed by atoms with Gasteiger partial charge in [0.05, 0.1) is 24.0 Å². The SMILES string of the molecule is CC[C@@H]1C[C@@H](C)CC/C=C\[C@@H]2C[C@@]2(C(=O)NS(=O)(=O)C2CC2)NC(=O)[C@@H]2C[C@@H](Oc3nccc4c5c(ccc34)N(C)CCO5)CN2C(=O)[C@H]1N(C(=O)O)C(C)(C)C(F)(F)F. The number of pyridine rings is 1. The maximum Gasteiger partial charge on any atom is 0.411 e. The van der Waals surface area contributed by atoms with E-state index in [2.05, 4.69) is 15.0 Å². The van der Waals surface area contributed by atoms with E-state index in [9.17, 15) is 41.1 Å². The first-order valence-electron chi connectivity index (χ1n) is 20.6. The number of carbonyl (C=O) groups is 4. The van der Waals surface area contributed by atoms with E-state index in [4.69, 9.17) is 9.47 Å². The fraction of sp³-hybridized carbons (Fsp3) is 0.634. The number of halogens is 3. The number of hydrogen-bond acceptors (Lipinski definition) is 10. The number of nitrogens with zero attached hydrogens (tertiary/aromatic N) is 4. The van der Waals surface area contributed by atoms with Crippen molar-refractivity contribution in [2.45, 2.75) is 120 Å². The van der Waals surface area contributed by atoms with Crippen LogP contribution in [-0.4, -0.2) is 120 Å². The minimum Gasteiger partial charge on any atom is -0.489 e. The second-order valence-electron chi connectivity index (χ2n) is 17.5. The molecular weight excluding hydrogens is 810 g/mol. The van der Waals surface area contributed by atoms with E-state index in [1.165, 1.54) is 6.20 Å². The molecule has 1 aromatic carbocycles. The molecule has 19 heteroatoms. The average molecular weight is 863 g/mol. The van der Waals surface area contributed by atoms with Crippen LogP contribution in [0.5, 0.6) is 11.6 Å². The summed E-state index contributed by atoms with van der Waals surface area (Å²) in [6.45, 7) is 5.75. The molecule has 2 saturated carbocycles. The molecule has 1 aromatic heterocycles. The normalized spacial score (nSPS) is 29.5. The molecule has 60 heavy (non-hydrogen) atoms. The molecule has 0 spiro atoms. The smallest absolute Gasteiger partial charge is 0.411 e. The van der Waals surface area contributed by atoms with Gasteiger partial charge in [0, 0.05) is 36.4 Å². The molecule has 0 unspecified atom stereocenters. The Balaban J connectivity index is 1.30. The van der Waals surface area contributed by atoms with Gasteiger partial charge in [0.1, 0.15) is 35.9 Å². The van der Waals surface area contributed by atoms with Crippen LogP contribution in [-0.2, 0) is 24.4 Å². The number of benzene rings is 1. The number of amides is 4. The zero-order chi connectivity index (χ0) is 43.5. The lowest BCUT2D eigenvalue weighted by molar-refractivity contribution is -0.222. The summed E-state index contributed by atoms with van der Waals surface area (Å²) < 4.78 is 85.0. The Bertz CT molecular complexity index is 2180. The van der Waals surface area contributed by atoms with Crippen LogP contribution in [0.2, 0.25) is 0 Å². The predicted molar refractivity (Wildman–Crippen MR) is 214 cm³/mol. The quantitative estimate of drug-likeness (QED) is 0.304. The number of carboxylic acid groups (broad SMARTS) is 1. The van der Waals surface area contributed by atoms with Gasteiger partial charge < -0.3 is 29.7 Å². The molecule has 15 nitrogen and oxygen atoms in total. The molecule has 2 aromatic rings. The van der Waals surface area contributed by atoms with Crippen molar-refractivity contribution in [2.24, 2.45) is 17.8 Å². The average Bonchev–Trinajstić information content (AvgIpc) is 4.10. The molecule has 5 aliphatic rings. The molecular formula is C41H53F3N6O9S. The summed E-state index contributed by atoms with van der Waals surface area (Å²) in [5, 5.41) is 13.9. The van der Waals surface area contributed by atoms with Crippen molar-refractivity contribution in [1.82, 2.24) is 24.8 Å². The molecule has 1 saturated heterocycles. The van der Waals surface area contributed by atoms with Crippen LogP contribution in [0, 0.1) is 17.8 Å². The van der Waals surface area contributed by atoms with E-state index in [1.807, 2.05) is 31.0 Å². The first-order chi connectivity index (χ1) is 28.2. The van der Waals surface area contributed by atoms with Gasteiger partial charge in [-0.15, -0.1) is 0 Å². The third-order valence-electron chi connectivity index (χ3n) is 12.9. The van der Waals surface area contributed by atoms with E-state index in [0.717, 1.165) is 10.6 Å². The molecule has 7 atom stereocenters. The van der Waals surface area contributed by atoms with Crippen molar-refractivity contribution in [3.63, 3.8) is 0 Å². The maximum absolute atomic E-state index is 15.2. The van der Waals surface area contributed by atoms with Crippen molar-refractivity contribution in [3.05, 3.63) is 36.5 Å². The second kappa shape index (κ2) is 15.9. The Morgan fingerprint density at radius 2 is 1.87 bits per heavy atom. The zero-order valence-corrected chi connectivity index (χ0v) is 35.1. The number of hydrogen-bond donors (Lipinski definition) is 3. The Morgan fingerprint density at radius 1 is 1.13 bits per heavy atom. The van der Waals surface area contributed by atoms with Gasteiger partial charge in [0.15, 0.2) is 5.75 Å². The molecule has 4 amide bonds. The molecule has 4 heterocycles. The first kappa shape index (κ1) is 43.3. The van der Waals surface area contributed by atoms with Crippen molar-refractivity contribution >= 4 is 50.3 Å². The summed E-state index contributed by atoms with van der Waals surface area (Å²) in [6.07, 6.45) is -0.992. The molecule has 2 aliphatic carbocycles. The van der Waals surface area contributed by atoms with Crippen LogP contribution >= 0.6 is 0 Å². The van der Waals surface area contributed by atoms with Gasteiger partial charge in [-0.25, -0.2) is 18.2 Å². The predicted octanol–water partition coefficient (Wildman–Crippen LogP) is 4.99. The molecule has 3 fully saturated rings. The van der Waals surface area contributed by atoms with Crippen molar-refractivity contribution in [1.29, 1.82) is 0 Å². The Hall–Kier alpha value is -4.81. The van der Waals surface area contributed by atoms with Crippen LogP contribution in [0.3, 0.4) is 0 Å². The topological polar surface area (TPSA) is 188 Å². The summed E-state index contributed by atoms with van der Waals surface area (Å²) in [7, 11) is -2.09. The number of fused-ring (bicyclic) bond motifs is 5. The minimum atomic E-state index is -5.09. The lowest BCUT2D eigenvalue weighted by Crippen LogP contribution is -2.66. The first-order valence-corrected chi connectivity index (χ1v) is 22.1. The van der Waals surface area contributed by atoms with Crippen LogP contribution in [0.4, 0.5) is 23.7 Å². The van der Waals surface area contributed by atoms with Crippen molar-refractivity contribution in [2.75, 3.05) is 31.6 Å². The van der Waals surface area contributed by atoms with Gasteiger partial charge in [-0.3, -0.25) is 24.0 Å². The van der Waals surface area contributed by atoms with E-state index < -0.39 is 86.4 Å². The van der Waals surface area contributed by atoms with Crippen LogP contribution in [0.15, 0.2) is 36.5 Å². The number of likely N-dealkylation sites (N-methyl/N-ethyl adjacent to an activating group) is 1. The summed E-state index contributed by atoms with van der Waals surface area (Å²) in [5.41, 5.74) is -3.88. The van der Waals surface area contributed by atoms with Crippen LogP contribution < -0.4 is 24.4 Å². The number of rotatable bonds is 8. The van der Waals surface area contributed by atoms with E-state index >= 15 is 4.79 Å². The van der Waals surface area contributed by atoms with Gasteiger partial charge in [0.2, 0.25) is 27.7 Å². The maximum atomic E-state index is 15.2. The Labute approximate surface area is 347 Å². The van der Waals surface area contributed by atoms with Crippen LogP contribution in [0.25, 0.3) is 10.8 Å². The van der Waals surface area contributed by atoms with Gasteiger partial charge >= 0.3 is 12.3 Å². The molecule has 7 rings (SSSR count). The third kappa shape index (κ3) is 8.05. The lowest BCUT2D eigenvalue weighted by Gasteiger charge is -2.46. The molecule has 0 radical (unpaired) electrons. The highest BCUT2D eigenvalue weighted by molar-refractivity contribution is 7.91. The Morgan fingerprint density at radius 3 is 2.53 bits per heavy atom. The number of ether oxygens (including phenoxy) is 2. The fourth-order valence-corrected chi connectivity index (χ4v) is 10.3. The number of anilines is 1. The number of allylic oxidation sites excluding steroid dienone is 1. The number of sulfonamides is 1. The molecule has 328 valence electrons. The highest BCUT2D eigenvalue weighted by Crippen LogP contribution is 2.47. The van der Waals surface area contributed by atoms with E-state index in [0.29, 0.717) is 69.2 Å². The highest BCUT2D eigenvalue weighted by atomic mass is 32.2. The van der Waals surface area contributed by atoms with E-state index in [1.54, 1.807) is 25.1 Å². The zero-order valence-electron chi connectivity index (χ0n) is 34.3. The molecule has 0 bridgehead atoms. The second-order valence-corrected chi connectivity index (χ2v) is 19.5. The Kier molecular flexibility index (Phi) is 11.5. The van der Waals surface area contributed by atoms with Gasteiger partial charge in [-0.2, -0.15) is 13.2 Å². The highest BCUT2D eigenvalue weighted by Gasteiger charge is 2.63. The summed E-state index contributed by atoms with van der Waals surface area (Å²) >= 11 is 0. The summed E-state index contributed by atoms with van der Waals surface area (Å²) in [5.74, 6) is -3.73. The fourth-order valence-electron chi connectivity index (χ4n) is 8.97. The van der Waals surface area contributed by atoms with Gasteiger partial charge in [-0.1, -0.05) is 32.4 Å². The van der Waals surface area contributed by atoms with E-state index in [-0.39, 0.29) is 48.9 Å². The lowest BCUT2D eigenvalue weighted by atomic mass is 9.82. The molecule has 3 aliphatic heterocycles. The van der Waals surface area contributed by atoms with Gasteiger partial charge in [0.25, 0.3) is 5.91 Å². The number of alkyl halides is 3. The van der Waals surface area contributed by atoms with Crippen molar-refractivity contribution in [3.8, 4) is 11.6 Å².